The SMILES string of the molecule is CNC(=O)C(NOC)c1cccc(C)c1CO/[NH+]=C(\C)c1cccc(C(F)(F)F)c1. The normalized spacial score (nSPS) is 13.1. The minimum atomic E-state index is -4.42. The zero-order valence-electron chi connectivity index (χ0n) is 17.2. The average Bonchev–Trinajstić information content (AvgIpc) is 2.72. The van der Waals surface area contributed by atoms with Crippen LogP contribution in [-0.2, 0) is 27.3 Å². The van der Waals surface area contributed by atoms with Crippen molar-refractivity contribution in [2.75, 3.05) is 14.2 Å². The van der Waals surface area contributed by atoms with Gasteiger partial charge in [-0.1, -0.05) is 24.3 Å². The molecule has 2 aromatic rings. The first-order chi connectivity index (χ1) is 14.2. The first kappa shape index (κ1) is 23.4. The van der Waals surface area contributed by atoms with E-state index in [1.54, 1.807) is 19.1 Å². The number of aryl methyl sites for hydroxylation is 1. The highest BCUT2D eigenvalue weighted by molar-refractivity contribution is 5.94. The molecule has 30 heavy (non-hydrogen) atoms. The summed E-state index contributed by atoms with van der Waals surface area (Å²) >= 11 is 0. The lowest BCUT2D eigenvalue weighted by Crippen LogP contribution is -2.71. The molecule has 3 N–H and O–H groups in total. The van der Waals surface area contributed by atoms with E-state index in [1.807, 2.05) is 19.1 Å². The van der Waals surface area contributed by atoms with Gasteiger partial charge in [0.05, 0.1) is 12.7 Å². The van der Waals surface area contributed by atoms with E-state index < -0.39 is 17.8 Å². The third-order valence-corrected chi connectivity index (χ3v) is 4.57. The molecule has 9 heteroatoms. The summed E-state index contributed by atoms with van der Waals surface area (Å²) in [6.07, 6.45) is -4.42. The number of halogens is 3. The number of hydrogen-bond acceptors (Lipinski definition) is 4. The predicted octanol–water partition coefficient (Wildman–Crippen LogP) is 1.97. The van der Waals surface area contributed by atoms with E-state index in [0.29, 0.717) is 16.8 Å². The molecule has 1 amide bonds. The largest absolute Gasteiger partial charge is 0.416 e. The molecule has 2 rings (SSSR count). The topological polar surface area (TPSA) is 73.6 Å². The Kier molecular flexibility index (Phi) is 7.96. The van der Waals surface area contributed by atoms with Crippen LogP contribution >= 0.6 is 0 Å². The summed E-state index contributed by atoms with van der Waals surface area (Å²) in [4.78, 5) is 22.7. The lowest BCUT2D eigenvalue weighted by molar-refractivity contribution is -0.758. The minimum absolute atomic E-state index is 0.0806. The summed E-state index contributed by atoms with van der Waals surface area (Å²) in [5.74, 6) is -0.289. The van der Waals surface area contributed by atoms with E-state index >= 15 is 0 Å². The Morgan fingerprint density at radius 3 is 2.53 bits per heavy atom. The summed E-state index contributed by atoms with van der Waals surface area (Å²) in [5.41, 5.74) is 5.01. The molecule has 0 saturated heterocycles. The van der Waals surface area contributed by atoms with Crippen molar-refractivity contribution in [3.05, 3.63) is 70.3 Å². The minimum Gasteiger partial charge on any atom is -0.357 e. The van der Waals surface area contributed by atoms with Crippen LogP contribution in [0.15, 0.2) is 42.5 Å². The fourth-order valence-electron chi connectivity index (χ4n) is 2.92. The number of likely N-dealkylation sites (N-methyl/N-ethyl adjacent to an activating group) is 1. The maximum atomic E-state index is 12.9. The van der Waals surface area contributed by atoms with Gasteiger partial charge in [-0.05, 0) is 41.4 Å². The summed E-state index contributed by atoms with van der Waals surface area (Å²) in [6, 6.07) is 9.67. The van der Waals surface area contributed by atoms with Gasteiger partial charge >= 0.3 is 6.18 Å². The maximum Gasteiger partial charge on any atom is 0.416 e. The van der Waals surface area contributed by atoms with Crippen LogP contribution in [0.5, 0.6) is 0 Å². The second-order valence-corrected chi connectivity index (χ2v) is 6.61. The van der Waals surface area contributed by atoms with Gasteiger partial charge in [0.2, 0.25) is 11.6 Å². The second kappa shape index (κ2) is 10.2. The highest BCUT2D eigenvalue weighted by Crippen LogP contribution is 2.29. The van der Waals surface area contributed by atoms with Crippen LogP contribution in [0.3, 0.4) is 0 Å². The van der Waals surface area contributed by atoms with Crippen LogP contribution in [0.25, 0.3) is 0 Å². The summed E-state index contributed by atoms with van der Waals surface area (Å²) < 4.78 is 38.8. The zero-order valence-corrected chi connectivity index (χ0v) is 17.2. The molecule has 0 aliphatic heterocycles. The van der Waals surface area contributed by atoms with E-state index in [0.717, 1.165) is 23.3 Å². The summed E-state index contributed by atoms with van der Waals surface area (Å²) in [5, 5.41) is 5.27. The molecule has 0 aromatic heterocycles. The van der Waals surface area contributed by atoms with Gasteiger partial charge in [-0.15, -0.1) is 0 Å². The van der Waals surface area contributed by atoms with Crippen molar-refractivity contribution in [1.82, 2.24) is 10.8 Å². The monoisotopic (exact) mass is 424 g/mol. The molecule has 1 atom stereocenters. The van der Waals surface area contributed by atoms with Gasteiger partial charge in [-0.2, -0.15) is 18.7 Å². The Balaban J connectivity index is 2.24. The quantitative estimate of drug-likeness (QED) is 0.448. The van der Waals surface area contributed by atoms with E-state index in [9.17, 15) is 18.0 Å². The average molecular weight is 424 g/mol. The van der Waals surface area contributed by atoms with E-state index in [4.69, 9.17) is 9.68 Å². The number of nitrogens with one attached hydrogen (secondary N) is 3. The molecule has 0 saturated carbocycles. The third kappa shape index (κ3) is 5.80. The fourth-order valence-corrected chi connectivity index (χ4v) is 2.92. The zero-order chi connectivity index (χ0) is 22.3. The molecule has 0 bridgehead atoms. The van der Waals surface area contributed by atoms with E-state index in [1.165, 1.54) is 20.2 Å². The highest BCUT2D eigenvalue weighted by Gasteiger charge is 2.31. The molecule has 0 spiro atoms. The molecule has 0 radical (unpaired) electrons. The maximum absolute atomic E-state index is 12.9. The standard InChI is InChI=1S/C21H24F3N3O3/c1-13-7-5-10-17(19(27-29-4)20(28)25-3)18(13)12-30-26-14(2)15-8-6-9-16(11-15)21(22,23)24/h5-11,19,27H,12H2,1-4H3,(H,25,28)/p+1/b26-14+. The lowest BCUT2D eigenvalue weighted by Gasteiger charge is -2.19. The van der Waals surface area contributed by atoms with Crippen molar-refractivity contribution in [1.29, 1.82) is 0 Å². The number of alkyl halides is 3. The van der Waals surface area contributed by atoms with Gasteiger partial charge in [0.15, 0.2) is 6.61 Å². The smallest absolute Gasteiger partial charge is 0.357 e. The Morgan fingerprint density at radius 2 is 1.90 bits per heavy atom. The van der Waals surface area contributed by atoms with E-state index in [2.05, 4.69) is 16.0 Å². The lowest BCUT2D eigenvalue weighted by atomic mass is 9.96. The highest BCUT2D eigenvalue weighted by atomic mass is 19.4. The van der Waals surface area contributed by atoms with Crippen LogP contribution in [0, 0.1) is 6.92 Å². The molecular formula is C21H25F3N3O3+. The van der Waals surface area contributed by atoms with Gasteiger partial charge in [0.1, 0.15) is 6.04 Å². The first-order valence-electron chi connectivity index (χ1n) is 9.16. The van der Waals surface area contributed by atoms with Crippen molar-refractivity contribution in [3.63, 3.8) is 0 Å². The number of carbonyl (C=O) groups excluding carboxylic acids is 1. The van der Waals surface area contributed by atoms with Crippen LogP contribution in [0.2, 0.25) is 0 Å². The Morgan fingerprint density at radius 1 is 1.20 bits per heavy atom. The van der Waals surface area contributed by atoms with Crippen molar-refractivity contribution < 1.29 is 32.8 Å². The van der Waals surface area contributed by atoms with Crippen molar-refractivity contribution in [2.45, 2.75) is 32.7 Å². The Bertz CT molecular complexity index is 914. The second-order valence-electron chi connectivity index (χ2n) is 6.61. The number of benzene rings is 2. The molecule has 162 valence electrons. The van der Waals surface area contributed by atoms with Gasteiger partial charge in [-0.3, -0.25) is 9.63 Å². The summed E-state index contributed by atoms with van der Waals surface area (Å²) in [6.45, 7) is 3.57. The van der Waals surface area contributed by atoms with Crippen molar-refractivity contribution >= 4 is 11.6 Å². The summed E-state index contributed by atoms with van der Waals surface area (Å²) in [7, 11) is 2.93. The van der Waals surface area contributed by atoms with Crippen LogP contribution in [0.4, 0.5) is 13.2 Å². The number of hydrogen-bond donors (Lipinski definition) is 3. The van der Waals surface area contributed by atoms with Crippen molar-refractivity contribution in [2.24, 2.45) is 0 Å². The molecule has 0 fully saturated rings. The first-order valence-corrected chi connectivity index (χ1v) is 9.16. The molecule has 1 unspecified atom stereocenters. The predicted molar refractivity (Wildman–Crippen MR) is 105 cm³/mol. The Labute approximate surface area is 173 Å². The molecule has 0 aliphatic carbocycles. The third-order valence-electron chi connectivity index (χ3n) is 4.57. The van der Waals surface area contributed by atoms with E-state index in [-0.39, 0.29) is 12.5 Å². The van der Waals surface area contributed by atoms with Gasteiger partial charge in [-0.25, -0.2) is 0 Å². The molecule has 2 aromatic carbocycles. The van der Waals surface area contributed by atoms with Gasteiger partial charge in [0, 0.05) is 25.1 Å². The number of hydroxylamine groups is 1. The van der Waals surface area contributed by atoms with Crippen LogP contribution in [-0.4, -0.2) is 25.8 Å². The van der Waals surface area contributed by atoms with Crippen LogP contribution in [0.1, 0.15) is 40.8 Å². The molecule has 0 aliphatic rings. The van der Waals surface area contributed by atoms with Crippen molar-refractivity contribution in [3.8, 4) is 0 Å². The molecule has 0 heterocycles. The number of amides is 1. The molecule has 6 nitrogen and oxygen atoms in total. The number of carbonyl (C=O) groups is 1. The fraction of sp³-hybridized carbons (Fsp3) is 0.333. The molecular weight excluding hydrogens is 399 g/mol. The van der Waals surface area contributed by atoms with Crippen LogP contribution < -0.4 is 16.0 Å². The Hall–Kier alpha value is -2.91. The van der Waals surface area contributed by atoms with Gasteiger partial charge < -0.3 is 10.2 Å². The van der Waals surface area contributed by atoms with Gasteiger partial charge in [0.25, 0.3) is 0 Å². The number of rotatable bonds is 8.